The lowest BCUT2D eigenvalue weighted by Gasteiger charge is -2.37. The molecule has 11 heteroatoms. The average molecular weight is 439 g/mol. The number of rotatable bonds is 8. The third kappa shape index (κ3) is 6.70. The maximum atomic E-state index is 12.4. The number of hydroxylamine groups is 1. The molecule has 1 aromatic rings. The van der Waals surface area contributed by atoms with Crippen LogP contribution in [0.4, 0.5) is 0 Å². The standard InChI is InChI=1S/C19H26N4O6S/c1-3-4-13-29-16-7-5-15(6-8-16)18(24)20-14-17(19(25)21-26)22-9-11-23(12-10-22)30(2,27)28/h5-8,17,26H,9-14H2,1-2H3,(H,20,24)(H,21,25)/t17-/m1/s1. The fourth-order valence-corrected chi connectivity index (χ4v) is 3.82. The van der Waals surface area contributed by atoms with Crippen LogP contribution in [0.5, 0.6) is 5.75 Å². The van der Waals surface area contributed by atoms with Gasteiger partial charge in [-0.1, -0.05) is 5.92 Å². The van der Waals surface area contributed by atoms with Gasteiger partial charge in [-0.3, -0.25) is 19.7 Å². The van der Waals surface area contributed by atoms with Gasteiger partial charge in [0.1, 0.15) is 18.4 Å². The number of hydrogen-bond donors (Lipinski definition) is 3. The summed E-state index contributed by atoms with van der Waals surface area (Å²) in [5.41, 5.74) is 1.99. The number of carbonyl (C=O) groups excluding carboxylic acids is 2. The van der Waals surface area contributed by atoms with Gasteiger partial charge in [0.2, 0.25) is 10.0 Å². The van der Waals surface area contributed by atoms with E-state index in [9.17, 15) is 18.0 Å². The van der Waals surface area contributed by atoms with E-state index >= 15 is 0 Å². The van der Waals surface area contributed by atoms with Crippen LogP contribution in [0.25, 0.3) is 0 Å². The van der Waals surface area contributed by atoms with Crippen molar-refractivity contribution in [1.29, 1.82) is 0 Å². The first-order valence-electron chi connectivity index (χ1n) is 9.30. The van der Waals surface area contributed by atoms with Gasteiger partial charge in [-0.05, 0) is 31.2 Å². The summed E-state index contributed by atoms with van der Waals surface area (Å²) < 4.78 is 30.0. The molecule has 2 amide bonds. The Morgan fingerprint density at radius 2 is 1.83 bits per heavy atom. The molecule has 0 bridgehead atoms. The summed E-state index contributed by atoms with van der Waals surface area (Å²) >= 11 is 0. The summed E-state index contributed by atoms with van der Waals surface area (Å²) in [5.74, 6) is 5.01. The Kier molecular flexibility index (Phi) is 8.61. The molecule has 0 aromatic heterocycles. The lowest BCUT2D eigenvalue weighted by molar-refractivity contribution is -0.135. The molecule has 1 aliphatic heterocycles. The van der Waals surface area contributed by atoms with Gasteiger partial charge in [0, 0.05) is 38.3 Å². The molecule has 1 fully saturated rings. The second-order valence-electron chi connectivity index (χ2n) is 6.64. The molecular weight excluding hydrogens is 412 g/mol. The van der Waals surface area contributed by atoms with Crippen molar-refractivity contribution in [3.05, 3.63) is 29.8 Å². The number of sulfonamides is 1. The molecular formula is C19H26N4O6S. The van der Waals surface area contributed by atoms with E-state index < -0.39 is 22.0 Å². The molecule has 0 unspecified atom stereocenters. The van der Waals surface area contributed by atoms with Gasteiger partial charge in [-0.15, -0.1) is 5.92 Å². The molecule has 1 aromatic carbocycles. The summed E-state index contributed by atoms with van der Waals surface area (Å²) in [5, 5.41) is 11.7. The first kappa shape index (κ1) is 23.6. The molecule has 2 rings (SSSR count). The van der Waals surface area contributed by atoms with Gasteiger partial charge in [0.05, 0.1) is 6.26 Å². The highest BCUT2D eigenvalue weighted by Gasteiger charge is 2.31. The highest BCUT2D eigenvalue weighted by atomic mass is 32.2. The van der Waals surface area contributed by atoms with E-state index in [2.05, 4.69) is 17.2 Å². The van der Waals surface area contributed by atoms with Crippen molar-refractivity contribution in [2.24, 2.45) is 0 Å². The number of ether oxygens (including phenoxy) is 1. The second-order valence-corrected chi connectivity index (χ2v) is 8.62. The van der Waals surface area contributed by atoms with Crippen LogP contribution in [0.15, 0.2) is 24.3 Å². The van der Waals surface area contributed by atoms with E-state index in [1.165, 1.54) is 4.31 Å². The number of hydrogen-bond acceptors (Lipinski definition) is 7. The van der Waals surface area contributed by atoms with Crippen molar-refractivity contribution < 1.29 is 28.0 Å². The molecule has 0 aliphatic carbocycles. The van der Waals surface area contributed by atoms with Crippen LogP contribution >= 0.6 is 0 Å². The molecule has 0 spiro atoms. The van der Waals surface area contributed by atoms with Gasteiger partial charge < -0.3 is 10.1 Å². The Labute approximate surface area is 176 Å². The summed E-state index contributed by atoms with van der Waals surface area (Å²) in [6.45, 7) is 2.98. The Morgan fingerprint density at radius 1 is 1.20 bits per heavy atom. The quantitative estimate of drug-likeness (QED) is 0.277. The minimum absolute atomic E-state index is 0.0472. The minimum Gasteiger partial charge on any atom is -0.481 e. The van der Waals surface area contributed by atoms with Crippen LogP contribution in [0.3, 0.4) is 0 Å². The number of piperazine rings is 1. The third-order valence-electron chi connectivity index (χ3n) is 4.66. The normalized spacial score (nSPS) is 16.1. The van der Waals surface area contributed by atoms with E-state index in [0.29, 0.717) is 24.4 Å². The Balaban J connectivity index is 1.95. The van der Waals surface area contributed by atoms with Crippen LogP contribution in [0, 0.1) is 11.8 Å². The predicted octanol–water partition coefficient (Wildman–Crippen LogP) is -0.730. The van der Waals surface area contributed by atoms with Crippen LogP contribution in [-0.4, -0.2) is 86.3 Å². The van der Waals surface area contributed by atoms with Crippen LogP contribution in [0.2, 0.25) is 0 Å². The second kappa shape index (κ2) is 10.9. The molecule has 1 saturated heterocycles. The summed E-state index contributed by atoms with van der Waals surface area (Å²) in [6, 6.07) is 5.64. The fraction of sp³-hybridized carbons (Fsp3) is 0.474. The van der Waals surface area contributed by atoms with E-state index in [-0.39, 0.29) is 32.1 Å². The van der Waals surface area contributed by atoms with Crippen LogP contribution in [0.1, 0.15) is 17.3 Å². The molecule has 1 aliphatic rings. The first-order valence-corrected chi connectivity index (χ1v) is 11.1. The van der Waals surface area contributed by atoms with E-state index in [1.54, 1.807) is 41.6 Å². The predicted molar refractivity (Wildman–Crippen MR) is 109 cm³/mol. The van der Waals surface area contributed by atoms with Crippen molar-refractivity contribution in [2.75, 3.05) is 45.6 Å². The molecule has 1 heterocycles. The topological polar surface area (TPSA) is 128 Å². The number of benzene rings is 1. The molecule has 0 saturated carbocycles. The maximum Gasteiger partial charge on any atom is 0.262 e. The zero-order valence-electron chi connectivity index (χ0n) is 16.9. The monoisotopic (exact) mass is 438 g/mol. The van der Waals surface area contributed by atoms with Crippen molar-refractivity contribution in [2.45, 2.75) is 13.0 Å². The SMILES string of the molecule is CC#CCOc1ccc(C(=O)NC[C@H](C(=O)NO)N2CCN(S(C)(=O)=O)CC2)cc1. The van der Waals surface area contributed by atoms with Crippen molar-refractivity contribution in [3.63, 3.8) is 0 Å². The summed E-state index contributed by atoms with van der Waals surface area (Å²) in [7, 11) is -3.30. The van der Waals surface area contributed by atoms with Gasteiger partial charge in [0.15, 0.2) is 0 Å². The Morgan fingerprint density at radius 3 is 2.37 bits per heavy atom. The van der Waals surface area contributed by atoms with Crippen LogP contribution in [-0.2, 0) is 14.8 Å². The molecule has 3 N–H and O–H groups in total. The summed E-state index contributed by atoms with van der Waals surface area (Å²) in [6.07, 6.45) is 1.13. The van der Waals surface area contributed by atoms with Crippen molar-refractivity contribution >= 4 is 21.8 Å². The van der Waals surface area contributed by atoms with E-state index in [1.807, 2.05) is 0 Å². The highest BCUT2D eigenvalue weighted by Crippen LogP contribution is 2.13. The molecule has 30 heavy (non-hydrogen) atoms. The van der Waals surface area contributed by atoms with Gasteiger partial charge in [0.25, 0.3) is 11.8 Å². The minimum atomic E-state index is -3.30. The van der Waals surface area contributed by atoms with Gasteiger partial charge in [-0.25, -0.2) is 13.9 Å². The van der Waals surface area contributed by atoms with Crippen molar-refractivity contribution in [1.82, 2.24) is 20.0 Å². The molecule has 0 radical (unpaired) electrons. The molecule has 10 nitrogen and oxygen atoms in total. The smallest absolute Gasteiger partial charge is 0.262 e. The largest absolute Gasteiger partial charge is 0.481 e. The van der Waals surface area contributed by atoms with Gasteiger partial charge >= 0.3 is 0 Å². The number of amides is 2. The van der Waals surface area contributed by atoms with Crippen LogP contribution < -0.4 is 15.5 Å². The highest BCUT2D eigenvalue weighted by molar-refractivity contribution is 7.88. The Bertz CT molecular complexity index is 899. The zero-order chi connectivity index (χ0) is 22.1. The van der Waals surface area contributed by atoms with Crippen molar-refractivity contribution in [3.8, 4) is 17.6 Å². The maximum absolute atomic E-state index is 12.4. The average Bonchev–Trinajstić information content (AvgIpc) is 2.74. The zero-order valence-corrected chi connectivity index (χ0v) is 17.7. The number of carbonyl (C=O) groups is 2. The van der Waals surface area contributed by atoms with Gasteiger partial charge in [-0.2, -0.15) is 4.31 Å². The Hall–Kier alpha value is -2.65. The fourth-order valence-electron chi connectivity index (χ4n) is 2.99. The molecule has 164 valence electrons. The van der Waals surface area contributed by atoms with E-state index in [0.717, 1.165) is 6.26 Å². The third-order valence-corrected chi connectivity index (χ3v) is 5.96. The number of nitrogens with zero attached hydrogens (tertiary/aromatic N) is 2. The lowest BCUT2D eigenvalue weighted by Crippen LogP contribution is -2.58. The summed E-state index contributed by atoms with van der Waals surface area (Å²) in [4.78, 5) is 26.2. The lowest BCUT2D eigenvalue weighted by atomic mass is 10.1. The first-order chi connectivity index (χ1) is 14.3. The molecule has 1 atom stereocenters. The number of nitrogens with one attached hydrogen (secondary N) is 2. The van der Waals surface area contributed by atoms with E-state index in [4.69, 9.17) is 9.94 Å².